The molecule has 6 rings (SSSR count). The summed E-state index contributed by atoms with van der Waals surface area (Å²) in [6.07, 6.45) is 7.98. The second-order valence-corrected chi connectivity index (χ2v) is 9.47. The molecular formula is C35H29N. The van der Waals surface area contributed by atoms with E-state index in [2.05, 4.69) is 151 Å². The van der Waals surface area contributed by atoms with Crippen molar-refractivity contribution in [1.82, 2.24) is 0 Å². The Bertz CT molecular complexity index is 1540. The van der Waals surface area contributed by atoms with Crippen LogP contribution in [0.3, 0.4) is 0 Å². The van der Waals surface area contributed by atoms with Crippen LogP contribution in [-0.2, 0) is 0 Å². The highest BCUT2D eigenvalue weighted by molar-refractivity contribution is 5.96. The Morgan fingerprint density at radius 1 is 0.611 bits per heavy atom. The minimum Gasteiger partial charge on any atom is -0.334 e. The molecule has 0 radical (unpaired) electrons. The maximum absolute atomic E-state index is 2.50. The lowest BCUT2D eigenvalue weighted by Gasteiger charge is -2.34. The van der Waals surface area contributed by atoms with Crippen LogP contribution in [0.2, 0.25) is 0 Å². The van der Waals surface area contributed by atoms with Gasteiger partial charge in [0.25, 0.3) is 0 Å². The fraction of sp³-hybridized carbons (Fsp3) is 0.0857. The average Bonchev–Trinajstić information content (AvgIpc) is 2.95. The smallest absolute Gasteiger partial charge is 0.0560 e. The molecule has 1 heteroatoms. The van der Waals surface area contributed by atoms with Gasteiger partial charge in [-0.05, 0) is 59.2 Å². The first-order valence-electron chi connectivity index (χ1n) is 12.6. The predicted molar refractivity (Wildman–Crippen MR) is 155 cm³/mol. The average molecular weight is 464 g/mol. The second-order valence-electron chi connectivity index (χ2n) is 9.47. The van der Waals surface area contributed by atoms with Crippen LogP contribution >= 0.6 is 0 Å². The van der Waals surface area contributed by atoms with Gasteiger partial charge in [0.15, 0.2) is 0 Å². The van der Waals surface area contributed by atoms with E-state index in [0.717, 1.165) is 6.42 Å². The van der Waals surface area contributed by atoms with E-state index in [1.807, 2.05) is 0 Å². The third-order valence-corrected chi connectivity index (χ3v) is 7.07. The minimum absolute atomic E-state index is 0.229. The third-order valence-electron chi connectivity index (χ3n) is 7.07. The van der Waals surface area contributed by atoms with Gasteiger partial charge in [-0.3, -0.25) is 0 Å². The van der Waals surface area contributed by atoms with Crippen molar-refractivity contribution >= 4 is 27.7 Å². The van der Waals surface area contributed by atoms with Gasteiger partial charge in [-0.2, -0.15) is 0 Å². The van der Waals surface area contributed by atoms with Crippen LogP contribution in [0.15, 0.2) is 140 Å². The normalized spacial score (nSPS) is 15.0. The number of rotatable bonds is 5. The Hall–Kier alpha value is -4.36. The second kappa shape index (κ2) is 9.71. The Morgan fingerprint density at radius 2 is 1.28 bits per heavy atom. The van der Waals surface area contributed by atoms with Crippen LogP contribution in [0.4, 0.5) is 11.4 Å². The van der Waals surface area contributed by atoms with Gasteiger partial charge in [0, 0.05) is 16.8 Å². The molecule has 5 aromatic rings. The Balaban J connectivity index is 1.39. The van der Waals surface area contributed by atoms with Gasteiger partial charge in [0.2, 0.25) is 0 Å². The molecule has 5 aromatic carbocycles. The lowest BCUT2D eigenvalue weighted by Crippen LogP contribution is -2.30. The molecule has 1 atom stereocenters. The summed E-state index contributed by atoms with van der Waals surface area (Å²) in [6.45, 7) is 2.13. The van der Waals surface area contributed by atoms with Crippen LogP contribution in [0, 0.1) is 6.92 Å². The zero-order valence-electron chi connectivity index (χ0n) is 20.5. The van der Waals surface area contributed by atoms with Gasteiger partial charge in [-0.15, -0.1) is 0 Å². The van der Waals surface area contributed by atoms with Crippen LogP contribution < -0.4 is 4.90 Å². The standard InChI is InChI=1S/C35H29N/c1-26-14-16-28(17-15-26)30-20-24-33(25-21-30)36(35-13-7-11-31-10-5-6-12-34(31)35)32-22-18-29(19-23-32)27-8-3-2-4-9-27/h2-24,33H,25H2,1H3. The summed E-state index contributed by atoms with van der Waals surface area (Å²) in [7, 11) is 0. The number of hydrogen-bond acceptors (Lipinski definition) is 1. The van der Waals surface area contributed by atoms with E-state index in [1.54, 1.807) is 0 Å². The predicted octanol–water partition coefficient (Wildman–Crippen LogP) is 9.37. The summed E-state index contributed by atoms with van der Waals surface area (Å²) in [4.78, 5) is 2.50. The SMILES string of the molecule is Cc1ccc(C2=CCC(N(c3ccc(-c4ccccc4)cc3)c3cccc4ccccc34)C=C2)cc1. The van der Waals surface area contributed by atoms with Crippen LogP contribution in [0.25, 0.3) is 27.5 Å². The lowest BCUT2D eigenvalue weighted by atomic mass is 9.94. The summed E-state index contributed by atoms with van der Waals surface area (Å²) in [5.41, 5.74) is 8.78. The Kier molecular flexibility index (Phi) is 5.97. The molecule has 0 bridgehead atoms. The first kappa shape index (κ1) is 22.1. The van der Waals surface area contributed by atoms with E-state index in [9.17, 15) is 0 Å². The van der Waals surface area contributed by atoms with Crippen molar-refractivity contribution in [3.05, 3.63) is 151 Å². The molecule has 0 fully saturated rings. The van der Waals surface area contributed by atoms with Crippen molar-refractivity contribution in [3.8, 4) is 11.1 Å². The molecule has 1 aliphatic carbocycles. The molecule has 0 saturated carbocycles. The summed E-state index contributed by atoms with van der Waals surface area (Å²) in [6, 6.07) is 43.9. The van der Waals surface area contributed by atoms with Crippen molar-refractivity contribution in [2.24, 2.45) is 0 Å². The highest BCUT2D eigenvalue weighted by atomic mass is 15.2. The summed E-state index contributed by atoms with van der Waals surface area (Å²) in [5, 5.41) is 2.53. The first-order valence-corrected chi connectivity index (χ1v) is 12.6. The molecule has 0 N–H and O–H groups in total. The third kappa shape index (κ3) is 4.36. The molecule has 0 aromatic heterocycles. The minimum atomic E-state index is 0.229. The maximum atomic E-state index is 2.50. The topological polar surface area (TPSA) is 3.24 Å². The largest absolute Gasteiger partial charge is 0.334 e. The van der Waals surface area contributed by atoms with Crippen LogP contribution in [-0.4, -0.2) is 6.04 Å². The Labute approximate surface area is 213 Å². The van der Waals surface area contributed by atoms with E-state index in [4.69, 9.17) is 0 Å². The summed E-state index contributed by atoms with van der Waals surface area (Å²) in [5.74, 6) is 0. The van der Waals surface area contributed by atoms with Gasteiger partial charge in [-0.25, -0.2) is 0 Å². The number of fused-ring (bicyclic) bond motifs is 1. The van der Waals surface area contributed by atoms with Crippen molar-refractivity contribution < 1.29 is 0 Å². The molecule has 0 heterocycles. The lowest BCUT2D eigenvalue weighted by molar-refractivity contribution is 0.789. The van der Waals surface area contributed by atoms with Crippen LogP contribution in [0.5, 0.6) is 0 Å². The molecule has 0 spiro atoms. The van der Waals surface area contributed by atoms with Gasteiger partial charge in [-0.1, -0.05) is 127 Å². The number of allylic oxidation sites excluding steroid dienone is 2. The number of aryl methyl sites for hydroxylation is 1. The monoisotopic (exact) mass is 463 g/mol. The molecule has 1 unspecified atom stereocenters. The number of hydrogen-bond donors (Lipinski definition) is 0. The summed E-state index contributed by atoms with van der Waals surface area (Å²) < 4.78 is 0. The molecule has 1 aliphatic rings. The van der Waals surface area contributed by atoms with Crippen LogP contribution in [0.1, 0.15) is 17.5 Å². The molecule has 1 nitrogen and oxygen atoms in total. The number of anilines is 2. The van der Waals surface area contributed by atoms with Gasteiger partial charge < -0.3 is 4.90 Å². The molecular weight excluding hydrogens is 434 g/mol. The van der Waals surface area contributed by atoms with Crippen molar-refractivity contribution in [3.63, 3.8) is 0 Å². The van der Waals surface area contributed by atoms with Gasteiger partial charge in [0.1, 0.15) is 0 Å². The molecule has 0 amide bonds. The van der Waals surface area contributed by atoms with E-state index in [-0.39, 0.29) is 6.04 Å². The van der Waals surface area contributed by atoms with Crippen molar-refractivity contribution in [2.75, 3.05) is 4.90 Å². The zero-order chi connectivity index (χ0) is 24.3. The highest BCUT2D eigenvalue weighted by Gasteiger charge is 2.22. The fourth-order valence-corrected chi connectivity index (χ4v) is 5.13. The van der Waals surface area contributed by atoms with Gasteiger partial charge >= 0.3 is 0 Å². The van der Waals surface area contributed by atoms with Crippen molar-refractivity contribution in [1.29, 1.82) is 0 Å². The molecule has 0 aliphatic heterocycles. The highest BCUT2D eigenvalue weighted by Crippen LogP contribution is 2.38. The molecule has 174 valence electrons. The summed E-state index contributed by atoms with van der Waals surface area (Å²) >= 11 is 0. The maximum Gasteiger partial charge on any atom is 0.0560 e. The van der Waals surface area contributed by atoms with E-state index in [1.165, 1.54) is 50.0 Å². The fourth-order valence-electron chi connectivity index (χ4n) is 5.13. The zero-order valence-corrected chi connectivity index (χ0v) is 20.5. The quantitative estimate of drug-likeness (QED) is 0.251. The molecule has 0 saturated heterocycles. The van der Waals surface area contributed by atoms with E-state index in [0.29, 0.717) is 0 Å². The van der Waals surface area contributed by atoms with E-state index < -0.39 is 0 Å². The van der Waals surface area contributed by atoms with Crippen molar-refractivity contribution in [2.45, 2.75) is 19.4 Å². The Morgan fingerprint density at radius 3 is 2.03 bits per heavy atom. The molecule has 36 heavy (non-hydrogen) atoms. The number of benzene rings is 5. The van der Waals surface area contributed by atoms with Gasteiger partial charge in [0.05, 0.1) is 6.04 Å². The number of nitrogens with zero attached hydrogens (tertiary/aromatic N) is 1. The first-order chi connectivity index (χ1) is 17.8. The van der Waals surface area contributed by atoms with E-state index >= 15 is 0 Å².